The molecule has 24 heavy (non-hydrogen) atoms. The molecule has 0 saturated heterocycles. The summed E-state index contributed by atoms with van der Waals surface area (Å²) in [5.41, 5.74) is 0.949. The number of para-hydroxylation sites is 1. The van der Waals surface area contributed by atoms with Crippen molar-refractivity contribution in [2.75, 3.05) is 6.61 Å². The van der Waals surface area contributed by atoms with Crippen molar-refractivity contribution in [3.8, 4) is 5.75 Å². The zero-order valence-electron chi connectivity index (χ0n) is 13.0. The Labute approximate surface area is 145 Å². The molecule has 2 aromatic rings. The molecular formula is C18H18ClNO4. The molecular weight excluding hydrogens is 330 g/mol. The molecule has 6 heteroatoms. The molecule has 2 aromatic carbocycles. The maximum atomic E-state index is 11.8. The maximum Gasteiger partial charge on any atom is 0.335 e. The van der Waals surface area contributed by atoms with E-state index in [1.165, 1.54) is 6.07 Å². The van der Waals surface area contributed by atoms with Crippen molar-refractivity contribution in [3.05, 3.63) is 64.7 Å². The molecule has 0 atom stereocenters. The molecule has 0 aromatic heterocycles. The molecule has 5 nitrogen and oxygen atoms in total. The van der Waals surface area contributed by atoms with Gasteiger partial charge in [-0.1, -0.05) is 35.9 Å². The second kappa shape index (κ2) is 8.93. The number of hydrogen-bond donors (Lipinski definition) is 2. The summed E-state index contributed by atoms with van der Waals surface area (Å²) in [5.74, 6) is -0.497. The number of benzene rings is 2. The summed E-state index contributed by atoms with van der Waals surface area (Å²) in [4.78, 5) is 22.7. The van der Waals surface area contributed by atoms with E-state index in [0.717, 1.165) is 5.56 Å². The predicted molar refractivity (Wildman–Crippen MR) is 91.4 cm³/mol. The molecule has 0 aliphatic heterocycles. The van der Waals surface area contributed by atoms with Crippen molar-refractivity contribution in [1.82, 2.24) is 5.32 Å². The van der Waals surface area contributed by atoms with Crippen LogP contribution in [0.5, 0.6) is 5.75 Å². The highest BCUT2D eigenvalue weighted by molar-refractivity contribution is 6.32. The summed E-state index contributed by atoms with van der Waals surface area (Å²) in [6.07, 6.45) is 0.884. The van der Waals surface area contributed by atoms with Crippen molar-refractivity contribution >= 4 is 23.5 Å². The lowest BCUT2D eigenvalue weighted by Crippen LogP contribution is -2.23. The van der Waals surface area contributed by atoms with Crippen LogP contribution in [-0.4, -0.2) is 23.6 Å². The monoisotopic (exact) mass is 347 g/mol. The van der Waals surface area contributed by atoms with Crippen LogP contribution in [0.25, 0.3) is 0 Å². The molecule has 0 aliphatic rings. The molecule has 0 bridgehead atoms. The Morgan fingerprint density at radius 1 is 1.12 bits per heavy atom. The number of carbonyl (C=O) groups is 2. The first-order valence-electron chi connectivity index (χ1n) is 7.52. The van der Waals surface area contributed by atoms with Gasteiger partial charge in [-0.05, 0) is 36.2 Å². The Morgan fingerprint density at radius 3 is 2.67 bits per heavy atom. The molecule has 0 fully saturated rings. The second-order valence-corrected chi connectivity index (χ2v) is 5.57. The van der Waals surface area contributed by atoms with Gasteiger partial charge in [0, 0.05) is 13.0 Å². The third kappa shape index (κ3) is 5.59. The smallest absolute Gasteiger partial charge is 0.335 e. The quantitative estimate of drug-likeness (QED) is 0.716. The van der Waals surface area contributed by atoms with Crippen LogP contribution in [0.15, 0.2) is 48.5 Å². The Morgan fingerprint density at radius 2 is 1.92 bits per heavy atom. The first kappa shape index (κ1) is 17.8. The number of amides is 1. The van der Waals surface area contributed by atoms with E-state index in [9.17, 15) is 9.59 Å². The standard InChI is InChI=1S/C18H18ClNO4/c19-15-7-1-2-8-16(15)24-10-4-9-17(21)20-12-13-5-3-6-14(11-13)18(22)23/h1-3,5-8,11H,4,9-10,12H2,(H,20,21)(H,22,23). The number of carboxylic acid groups (broad SMARTS) is 1. The number of rotatable bonds is 8. The first-order valence-corrected chi connectivity index (χ1v) is 7.90. The molecule has 0 radical (unpaired) electrons. The second-order valence-electron chi connectivity index (χ2n) is 5.16. The van der Waals surface area contributed by atoms with Crippen molar-refractivity contribution in [2.24, 2.45) is 0 Å². The topological polar surface area (TPSA) is 75.6 Å². The van der Waals surface area contributed by atoms with Crippen LogP contribution in [0.1, 0.15) is 28.8 Å². The fraction of sp³-hybridized carbons (Fsp3) is 0.222. The first-order chi connectivity index (χ1) is 11.6. The third-order valence-corrected chi connectivity index (χ3v) is 3.62. The van der Waals surface area contributed by atoms with Gasteiger partial charge in [-0.25, -0.2) is 4.79 Å². The van der Waals surface area contributed by atoms with Crippen molar-refractivity contribution in [1.29, 1.82) is 0 Å². The summed E-state index contributed by atoms with van der Waals surface area (Å²) >= 11 is 5.97. The third-order valence-electron chi connectivity index (χ3n) is 3.31. The lowest BCUT2D eigenvalue weighted by atomic mass is 10.1. The SMILES string of the molecule is O=C(CCCOc1ccccc1Cl)NCc1cccc(C(=O)O)c1. The van der Waals surface area contributed by atoms with E-state index in [0.29, 0.717) is 36.8 Å². The molecule has 0 saturated carbocycles. The summed E-state index contributed by atoms with van der Waals surface area (Å²) in [5, 5.41) is 12.2. The molecule has 0 spiro atoms. The molecule has 126 valence electrons. The lowest BCUT2D eigenvalue weighted by Gasteiger charge is -2.08. The van der Waals surface area contributed by atoms with E-state index < -0.39 is 5.97 Å². The van der Waals surface area contributed by atoms with Gasteiger partial charge in [0.2, 0.25) is 5.91 Å². The van der Waals surface area contributed by atoms with Gasteiger partial charge in [0.05, 0.1) is 17.2 Å². The minimum atomic E-state index is -0.986. The van der Waals surface area contributed by atoms with Crippen molar-refractivity contribution in [2.45, 2.75) is 19.4 Å². The van der Waals surface area contributed by atoms with Crippen LogP contribution >= 0.6 is 11.6 Å². The summed E-state index contributed by atoms with van der Waals surface area (Å²) in [6.45, 7) is 0.691. The Kier molecular flexibility index (Phi) is 6.63. The number of hydrogen-bond acceptors (Lipinski definition) is 3. The van der Waals surface area contributed by atoms with E-state index in [1.54, 1.807) is 30.3 Å². The fourth-order valence-electron chi connectivity index (χ4n) is 2.08. The Hall–Kier alpha value is -2.53. The Bertz CT molecular complexity index is 718. The molecule has 1 amide bonds. The Balaban J connectivity index is 1.69. The van der Waals surface area contributed by atoms with E-state index in [4.69, 9.17) is 21.4 Å². The summed E-state index contributed by atoms with van der Waals surface area (Å²) < 4.78 is 5.51. The highest BCUT2D eigenvalue weighted by Crippen LogP contribution is 2.23. The molecule has 0 heterocycles. The minimum absolute atomic E-state index is 0.113. The van der Waals surface area contributed by atoms with Gasteiger partial charge in [0.15, 0.2) is 0 Å². The molecule has 2 rings (SSSR count). The van der Waals surface area contributed by atoms with E-state index in [-0.39, 0.29) is 11.5 Å². The minimum Gasteiger partial charge on any atom is -0.492 e. The van der Waals surface area contributed by atoms with Crippen LogP contribution in [0.4, 0.5) is 0 Å². The van der Waals surface area contributed by atoms with E-state index in [1.807, 2.05) is 12.1 Å². The number of nitrogens with one attached hydrogen (secondary N) is 1. The van der Waals surface area contributed by atoms with Crippen LogP contribution in [0.2, 0.25) is 5.02 Å². The number of halogens is 1. The van der Waals surface area contributed by atoms with Gasteiger partial charge in [0.1, 0.15) is 5.75 Å². The zero-order valence-corrected chi connectivity index (χ0v) is 13.8. The van der Waals surface area contributed by atoms with Crippen molar-refractivity contribution < 1.29 is 19.4 Å². The van der Waals surface area contributed by atoms with Gasteiger partial charge in [-0.15, -0.1) is 0 Å². The highest BCUT2D eigenvalue weighted by Gasteiger charge is 2.06. The van der Waals surface area contributed by atoms with Crippen LogP contribution in [0, 0.1) is 0 Å². The average Bonchev–Trinajstić information content (AvgIpc) is 2.58. The number of ether oxygens (including phenoxy) is 1. The lowest BCUT2D eigenvalue weighted by molar-refractivity contribution is -0.121. The summed E-state index contributed by atoms with van der Waals surface area (Å²) in [6, 6.07) is 13.7. The van der Waals surface area contributed by atoms with Crippen LogP contribution in [-0.2, 0) is 11.3 Å². The summed E-state index contributed by atoms with van der Waals surface area (Å²) in [7, 11) is 0. The van der Waals surface area contributed by atoms with Gasteiger partial charge < -0.3 is 15.2 Å². The van der Waals surface area contributed by atoms with E-state index >= 15 is 0 Å². The average molecular weight is 348 g/mol. The number of carboxylic acids is 1. The van der Waals surface area contributed by atoms with Gasteiger partial charge in [-0.3, -0.25) is 4.79 Å². The van der Waals surface area contributed by atoms with Crippen LogP contribution in [0.3, 0.4) is 0 Å². The largest absolute Gasteiger partial charge is 0.492 e. The van der Waals surface area contributed by atoms with Crippen LogP contribution < -0.4 is 10.1 Å². The van der Waals surface area contributed by atoms with E-state index in [2.05, 4.69) is 5.32 Å². The van der Waals surface area contributed by atoms with Gasteiger partial charge in [-0.2, -0.15) is 0 Å². The van der Waals surface area contributed by atoms with Crippen molar-refractivity contribution in [3.63, 3.8) is 0 Å². The normalized spacial score (nSPS) is 10.2. The maximum absolute atomic E-state index is 11.8. The molecule has 0 unspecified atom stereocenters. The molecule has 0 aliphatic carbocycles. The van der Waals surface area contributed by atoms with Gasteiger partial charge in [0.25, 0.3) is 0 Å². The fourth-order valence-corrected chi connectivity index (χ4v) is 2.27. The number of aromatic carboxylic acids is 1. The highest BCUT2D eigenvalue weighted by atomic mass is 35.5. The zero-order chi connectivity index (χ0) is 17.4. The van der Waals surface area contributed by atoms with Gasteiger partial charge >= 0.3 is 5.97 Å². The number of carbonyl (C=O) groups excluding carboxylic acids is 1. The predicted octanol–water partition coefficient (Wildman–Crippen LogP) is 3.51. The molecule has 2 N–H and O–H groups in total.